The summed E-state index contributed by atoms with van der Waals surface area (Å²) in [5.74, 6) is 2.64. The van der Waals surface area contributed by atoms with Crippen molar-refractivity contribution in [2.75, 3.05) is 46.4 Å². The minimum absolute atomic E-state index is 0.306. The van der Waals surface area contributed by atoms with Gasteiger partial charge in [-0.2, -0.15) is 0 Å². The second-order valence-electron chi connectivity index (χ2n) is 5.30. The molecule has 0 aromatic rings. The molecule has 18 heavy (non-hydrogen) atoms. The van der Waals surface area contributed by atoms with E-state index in [1.165, 1.54) is 0 Å². The maximum Gasteiger partial charge on any atom is 0.125 e. The Hall–Kier alpha value is -0.600. The van der Waals surface area contributed by atoms with Crippen LogP contribution in [0.1, 0.15) is 20.3 Å². The molecule has 1 aliphatic heterocycles. The maximum absolute atomic E-state index is 9.97. The monoisotopic (exact) mass is 254 g/mol. The van der Waals surface area contributed by atoms with E-state index in [1.54, 1.807) is 0 Å². The normalized spacial score (nSPS) is 23.3. The third kappa shape index (κ3) is 4.95. The first-order valence-electron chi connectivity index (χ1n) is 6.70. The second-order valence-corrected chi connectivity index (χ2v) is 5.30. The van der Waals surface area contributed by atoms with Crippen LogP contribution in [0.5, 0.6) is 0 Å². The molecule has 0 spiro atoms. The Bertz CT molecular complexity index is 282. The molecule has 0 bridgehead atoms. The van der Waals surface area contributed by atoms with E-state index in [4.69, 9.17) is 11.2 Å². The van der Waals surface area contributed by atoms with E-state index in [-0.39, 0.29) is 0 Å². The lowest BCUT2D eigenvalue weighted by Crippen LogP contribution is -2.48. The number of hydrogen-bond acceptors (Lipinski definition) is 4. The second kappa shape index (κ2) is 7.10. The first-order valence-corrected chi connectivity index (χ1v) is 6.70. The van der Waals surface area contributed by atoms with Crippen molar-refractivity contribution in [2.45, 2.75) is 32.0 Å². The van der Waals surface area contributed by atoms with Crippen molar-refractivity contribution in [2.24, 2.45) is 0 Å². The number of rotatable bonds is 6. The van der Waals surface area contributed by atoms with Crippen LogP contribution in [0, 0.1) is 12.3 Å². The molecule has 2 atom stereocenters. The highest BCUT2D eigenvalue weighted by Crippen LogP contribution is 2.14. The fourth-order valence-corrected chi connectivity index (χ4v) is 1.91. The van der Waals surface area contributed by atoms with Crippen LogP contribution in [0.3, 0.4) is 0 Å². The van der Waals surface area contributed by atoms with E-state index in [1.807, 2.05) is 13.8 Å². The molecule has 1 N–H and O–H groups in total. The summed E-state index contributed by atoms with van der Waals surface area (Å²) >= 11 is 0. The Balaban J connectivity index is 2.25. The molecule has 0 aromatic heterocycles. The highest BCUT2D eigenvalue weighted by atomic mass is 16.5. The largest absolute Gasteiger partial charge is 0.389 e. The van der Waals surface area contributed by atoms with Gasteiger partial charge in [0.25, 0.3) is 0 Å². The van der Waals surface area contributed by atoms with Gasteiger partial charge in [0.15, 0.2) is 0 Å². The predicted molar refractivity (Wildman–Crippen MR) is 73.4 cm³/mol. The van der Waals surface area contributed by atoms with Gasteiger partial charge in [0.2, 0.25) is 0 Å². The number of hydrogen-bond donors (Lipinski definition) is 1. The number of piperazine rings is 1. The van der Waals surface area contributed by atoms with Gasteiger partial charge < -0.3 is 14.7 Å². The summed E-state index contributed by atoms with van der Waals surface area (Å²) in [4.78, 5) is 4.57. The lowest BCUT2D eigenvalue weighted by Gasteiger charge is -2.34. The fraction of sp³-hybridized carbons (Fsp3) is 0.857. The van der Waals surface area contributed by atoms with Crippen LogP contribution >= 0.6 is 0 Å². The summed E-state index contributed by atoms with van der Waals surface area (Å²) in [6, 6.07) is 0. The highest BCUT2D eigenvalue weighted by Gasteiger charge is 2.22. The van der Waals surface area contributed by atoms with Gasteiger partial charge in [-0.15, -0.1) is 6.42 Å². The number of aliphatic hydroxyl groups is 1. The van der Waals surface area contributed by atoms with E-state index in [2.05, 4.69) is 22.8 Å². The molecule has 4 heteroatoms. The molecule has 0 amide bonds. The molecule has 1 rings (SSSR count). The van der Waals surface area contributed by atoms with Crippen molar-refractivity contribution in [3.05, 3.63) is 0 Å². The van der Waals surface area contributed by atoms with Crippen molar-refractivity contribution in [1.29, 1.82) is 0 Å². The van der Waals surface area contributed by atoms with Crippen molar-refractivity contribution in [3.63, 3.8) is 0 Å². The van der Waals surface area contributed by atoms with Crippen molar-refractivity contribution in [3.8, 4) is 12.3 Å². The van der Waals surface area contributed by atoms with Gasteiger partial charge in [-0.25, -0.2) is 0 Å². The molecule has 0 saturated carbocycles. The Kier molecular flexibility index (Phi) is 6.10. The van der Waals surface area contributed by atoms with Crippen LogP contribution in [0.4, 0.5) is 0 Å². The van der Waals surface area contributed by atoms with E-state index in [0.29, 0.717) is 13.2 Å². The van der Waals surface area contributed by atoms with Gasteiger partial charge in [-0.1, -0.05) is 12.8 Å². The van der Waals surface area contributed by atoms with Gasteiger partial charge in [-0.05, 0) is 20.4 Å². The minimum atomic E-state index is -0.552. The van der Waals surface area contributed by atoms with E-state index >= 15 is 0 Å². The summed E-state index contributed by atoms with van der Waals surface area (Å²) in [6.45, 7) is 8.98. The Labute approximate surface area is 111 Å². The average molecular weight is 254 g/mol. The lowest BCUT2D eigenvalue weighted by atomic mass is 10.1. The van der Waals surface area contributed by atoms with Gasteiger partial charge in [0, 0.05) is 32.7 Å². The smallest absolute Gasteiger partial charge is 0.125 e. The summed E-state index contributed by atoms with van der Waals surface area (Å²) in [5.41, 5.74) is -0.552. The van der Waals surface area contributed by atoms with Crippen LogP contribution in [0.15, 0.2) is 0 Å². The van der Waals surface area contributed by atoms with Crippen molar-refractivity contribution >= 4 is 0 Å². The molecule has 1 saturated heterocycles. The fourth-order valence-electron chi connectivity index (χ4n) is 1.91. The van der Waals surface area contributed by atoms with Crippen molar-refractivity contribution < 1.29 is 9.84 Å². The maximum atomic E-state index is 9.97. The number of nitrogens with zero attached hydrogens (tertiary/aromatic N) is 2. The average Bonchev–Trinajstić information content (AvgIpc) is 2.39. The number of terminal acetylenes is 1. The summed E-state index contributed by atoms with van der Waals surface area (Å²) < 4.78 is 5.63. The molecular weight excluding hydrogens is 228 g/mol. The summed E-state index contributed by atoms with van der Waals surface area (Å²) in [6.07, 6.45) is 5.72. The van der Waals surface area contributed by atoms with Gasteiger partial charge in [0.05, 0.1) is 12.7 Å². The van der Waals surface area contributed by atoms with Crippen LogP contribution in [-0.4, -0.2) is 73.0 Å². The van der Waals surface area contributed by atoms with Crippen LogP contribution in [-0.2, 0) is 4.74 Å². The zero-order valence-corrected chi connectivity index (χ0v) is 11.9. The van der Waals surface area contributed by atoms with E-state index in [9.17, 15) is 5.11 Å². The molecule has 4 nitrogen and oxygen atoms in total. The summed E-state index contributed by atoms with van der Waals surface area (Å²) in [7, 11) is 2.12. The molecule has 1 fully saturated rings. The molecule has 1 heterocycles. The van der Waals surface area contributed by atoms with Gasteiger partial charge in [0.1, 0.15) is 5.60 Å². The van der Waals surface area contributed by atoms with Crippen LogP contribution in [0.2, 0.25) is 0 Å². The zero-order valence-electron chi connectivity index (χ0n) is 11.9. The molecule has 0 radical (unpaired) electrons. The third-order valence-electron chi connectivity index (χ3n) is 3.64. The third-order valence-corrected chi connectivity index (χ3v) is 3.64. The quantitative estimate of drug-likeness (QED) is 0.697. The van der Waals surface area contributed by atoms with Gasteiger partial charge in [-0.3, -0.25) is 4.90 Å². The van der Waals surface area contributed by atoms with E-state index in [0.717, 1.165) is 32.6 Å². The minimum Gasteiger partial charge on any atom is -0.389 e. The number of likely N-dealkylation sites (N-methyl/N-ethyl adjacent to an activating group) is 1. The first-order chi connectivity index (χ1) is 8.49. The molecular formula is C14H26N2O2. The lowest BCUT2D eigenvalue weighted by molar-refractivity contribution is -0.0495. The van der Waals surface area contributed by atoms with Crippen molar-refractivity contribution in [1.82, 2.24) is 9.80 Å². The topological polar surface area (TPSA) is 35.9 Å². The first kappa shape index (κ1) is 15.5. The Morgan fingerprint density at radius 3 is 2.50 bits per heavy atom. The number of β-amino-alcohol motifs (C(OH)–C–C–N with tert-alkyl or cyclic N) is 1. The number of aliphatic hydroxyl groups excluding tert-OH is 1. The SMILES string of the molecule is C#C[C@@](C)(CC)OC[C@H](O)CN1CCN(C)CC1. The zero-order chi connectivity index (χ0) is 13.6. The van der Waals surface area contributed by atoms with Crippen LogP contribution in [0.25, 0.3) is 0 Å². The molecule has 1 aliphatic rings. The molecule has 0 unspecified atom stereocenters. The standard InChI is InChI=1S/C14H26N2O2/c1-5-14(3,6-2)18-12-13(17)11-16-9-7-15(4)8-10-16/h1,13,17H,6-12H2,2-4H3/t13-,14+/m1/s1. The predicted octanol–water partition coefficient (Wildman–Crippen LogP) is 0.413. The summed E-state index contributed by atoms with van der Waals surface area (Å²) in [5, 5.41) is 9.97. The molecule has 104 valence electrons. The Morgan fingerprint density at radius 1 is 1.39 bits per heavy atom. The van der Waals surface area contributed by atoms with Crippen LogP contribution < -0.4 is 0 Å². The molecule has 0 aliphatic carbocycles. The Morgan fingerprint density at radius 2 is 2.00 bits per heavy atom. The number of ether oxygens (including phenoxy) is 1. The van der Waals surface area contributed by atoms with Gasteiger partial charge >= 0.3 is 0 Å². The van der Waals surface area contributed by atoms with E-state index < -0.39 is 11.7 Å². The highest BCUT2D eigenvalue weighted by molar-refractivity contribution is 5.05. The molecule has 0 aromatic carbocycles.